The molecule has 0 atom stereocenters. The number of rotatable bonds is 2. The third-order valence-corrected chi connectivity index (χ3v) is 3.86. The van der Waals surface area contributed by atoms with Crippen molar-refractivity contribution in [2.45, 2.75) is 0 Å². The van der Waals surface area contributed by atoms with Crippen LogP contribution in [0.25, 0.3) is 11.1 Å². The van der Waals surface area contributed by atoms with Gasteiger partial charge in [0.1, 0.15) is 11.0 Å². The van der Waals surface area contributed by atoms with E-state index in [0.29, 0.717) is 11.0 Å². The quantitative estimate of drug-likeness (QED) is 0.435. The summed E-state index contributed by atoms with van der Waals surface area (Å²) in [6, 6.07) is 22.0. The molecular weight excluding hydrogens is 294 g/mol. The molecule has 1 heterocycles. The molecule has 3 aromatic rings. The van der Waals surface area contributed by atoms with Gasteiger partial charge in [0.25, 0.3) is 0 Å². The molecule has 1 aliphatic carbocycles. The minimum atomic E-state index is 0.442. The van der Waals surface area contributed by atoms with Crippen molar-refractivity contribution in [2.75, 3.05) is 5.43 Å². The van der Waals surface area contributed by atoms with Crippen LogP contribution in [-0.4, -0.2) is 10.7 Å². The SMILES string of the molecule is Clc1cccc(NN=C2c3ccccc3-c3ccccc32)n1. The summed E-state index contributed by atoms with van der Waals surface area (Å²) < 4.78 is 0. The molecule has 0 aliphatic heterocycles. The molecule has 0 fully saturated rings. The number of anilines is 1. The fraction of sp³-hybridized carbons (Fsp3) is 0. The second-order valence-corrected chi connectivity index (χ2v) is 5.40. The lowest BCUT2D eigenvalue weighted by atomic mass is 10.1. The van der Waals surface area contributed by atoms with Crippen LogP contribution in [0.15, 0.2) is 71.8 Å². The van der Waals surface area contributed by atoms with Gasteiger partial charge in [0.05, 0.1) is 5.71 Å². The topological polar surface area (TPSA) is 37.3 Å². The van der Waals surface area contributed by atoms with Crippen LogP contribution in [0.5, 0.6) is 0 Å². The van der Waals surface area contributed by atoms with Gasteiger partial charge in [0, 0.05) is 11.1 Å². The maximum absolute atomic E-state index is 5.90. The van der Waals surface area contributed by atoms with Gasteiger partial charge in [0.15, 0.2) is 0 Å². The molecule has 1 aromatic heterocycles. The zero-order valence-electron chi connectivity index (χ0n) is 11.6. The molecule has 3 nitrogen and oxygen atoms in total. The molecule has 0 unspecified atom stereocenters. The van der Waals surface area contributed by atoms with Gasteiger partial charge in [-0.1, -0.05) is 66.2 Å². The zero-order valence-corrected chi connectivity index (χ0v) is 12.4. The molecule has 22 heavy (non-hydrogen) atoms. The first kappa shape index (κ1) is 13.0. The number of nitrogens with zero attached hydrogens (tertiary/aromatic N) is 2. The monoisotopic (exact) mass is 305 g/mol. The smallest absolute Gasteiger partial charge is 0.147 e. The number of hydrazone groups is 1. The van der Waals surface area contributed by atoms with Crippen molar-refractivity contribution in [2.24, 2.45) is 5.10 Å². The minimum Gasteiger partial charge on any atom is -0.261 e. The highest BCUT2D eigenvalue weighted by Gasteiger charge is 2.23. The van der Waals surface area contributed by atoms with Crippen molar-refractivity contribution in [1.29, 1.82) is 0 Å². The summed E-state index contributed by atoms with van der Waals surface area (Å²) in [5.74, 6) is 0.627. The second kappa shape index (κ2) is 5.28. The minimum absolute atomic E-state index is 0.442. The summed E-state index contributed by atoms with van der Waals surface area (Å²) in [5.41, 5.74) is 8.58. The Labute approximate surface area is 133 Å². The second-order valence-electron chi connectivity index (χ2n) is 5.01. The Hall–Kier alpha value is -2.65. The predicted octanol–water partition coefficient (Wildman–Crippen LogP) is 4.58. The van der Waals surface area contributed by atoms with Crippen LogP contribution in [0.4, 0.5) is 5.82 Å². The van der Waals surface area contributed by atoms with Crippen molar-refractivity contribution in [3.8, 4) is 11.1 Å². The first-order chi connectivity index (χ1) is 10.8. The summed E-state index contributed by atoms with van der Waals surface area (Å²) in [6.45, 7) is 0. The summed E-state index contributed by atoms with van der Waals surface area (Å²) >= 11 is 5.90. The molecule has 0 saturated heterocycles. The van der Waals surface area contributed by atoms with Gasteiger partial charge in [-0.15, -0.1) is 0 Å². The Morgan fingerprint density at radius 2 is 1.32 bits per heavy atom. The number of pyridine rings is 1. The standard InChI is InChI=1S/C18H12ClN3/c19-16-10-5-11-17(20-16)21-22-18-14-8-3-1-6-12(14)13-7-2-4-9-15(13)18/h1-11H,(H,20,21). The summed E-state index contributed by atoms with van der Waals surface area (Å²) in [5, 5.41) is 5.00. The van der Waals surface area contributed by atoms with Crippen LogP contribution in [0, 0.1) is 0 Å². The van der Waals surface area contributed by atoms with E-state index in [9.17, 15) is 0 Å². The lowest BCUT2D eigenvalue weighted by Crippen LogP contribution is -2.03. The van der Waals surface area contributed by atoms with Crippen LogP contribution in [-0.2, 0) is 0 Å². The van der Waals surface area contributed by atoms with E-state index >= 15 is 0 Å². The highest BCUT2D eigenvalue weighted by Crippen LogP contribution is 2.36. The lowest BCUT2D eigenvalue weighted by Gasteiger charge is -2.04. The third-order valence-electron chi connectivity index (χ3n) is 3.65. The molecule has 1 aliphatic rings. The van der Waals surface area contributed by atoms with Crippen molar-refractivity contribution in [1.82, 2.24) is 4.98 Å². The van der Waals surface area contributed by atoms with E-state index in [1.165, 1.54) is 11.1 Å². The zero-order chi connectivity index (χ0) is 14.9. The molecule has 2 aromatic carbocycles. The van der Waals surface area contributed by atoms with E-state index in [0.717, 1.165) is 16.8 Å². The highest BCUT2D eigenvalue weighted by atomic mass is 35.5. The highest BCUT2D eigenvalue weighted by molar-refractivity contribution is 6.29. The molecule has 4 heteroatoms. The number of hydrogen-bond donors (Lipinski definition) is 1. The largest absolute Gasteiger partial charge is 0.261 e. The van der Waals surface area contributed by atoms with Gasteiger partial charge in [-0.3, -0.25) is 5.43 Å². The number of nitrogens with one attached hydrogen (secondary N) is 1. The summed E-state index contributed by atoms with van der Waals surface area (Å²) in [6.07, 6.45) is 0. The first-order valence-electron chi connectivity index (χ1n) is 6.98. The Kier molecular flexibility index (Phi) is 3.13. The van der Waals surface area contributed by atoms with Crippen LogP contribution in [0.1, 0.15) is 11.1 Å². The molecule has 0 radical (unpaired) electrons. The molecule has 0 amide bonds. The molecule has 4 rings (SSSR count). The summed E-state index contributed by atoms with van der Waals surface area (Å²) in [7, 11) is 0. The number of hydrogen-bond acceptors (Lipinski definition) is 3. The number of aromatic nitrogens is 1. The Morgan fingerprint density at radius 1 is 0.727 bits per heavy atom. The van der Waals surface area contributed by atoms with E-state index in [2.05, 4.69) is 39.8 Å². The fourth-order valence-corrected chi connectivity index (χ4v) is 2.86. The molecule has 1 N–H and O–H groups in total. The molecule has 0 spiro atoms. The molecule has 0 saturated carbocycles. The van der Waals surface area contributed by atoms with Crippen molar-refractivity contribution < 1.29 is 0 Å². The Bertz CT molecular complexity index is 839. The van der Waals surface area contributed by atoms with E-state index in [4.69, 9.17) is 11.6 Å². The number of fused-ring (bicyclic) bond motifs is 3. The number of halogens is 1. The van der Waals surface area contributed by atoms with Crippen LogP contribution in [0.3, 0.4) is 0 Å². The van der Waals surface area contributed by atoms with Crippen molar-refractivity contribution in [3.05, 3.63) is 83.0 Å². The Balaban J connectivity index is 1.79. The van der Waals surface area contributed by atoms with E-state index in [1.54, 1.807) is 6.07 Å². The van der Waals surface area contributed by atoms with Crippen molar-refractivity contribution in [3.63, 3.8) is 0 Å². The van der Waals surface area contributed by atoms with Gasteiger partial charge >= 0.3 is 0 Å². The fourth-order valence-electron chi connectivity index (χ4n) is 2.70. The van der Waals surface area contributed by atoms with E-state index in [1.807, 2.05) is 36.4 Å². The summed E-state index contributed by atoms with van der Waals surface area (Å²) in [4.78, 5) is 4.19. The average Bonchev–Trinajstić information content (AvgIpc) is 2.87. The maximum atomic E-state index is 5.90. The van der Waals surface area contributed by atoms with Gasteiger partial charge in [-0.2, -0.15) is 5.10 Å². The van der Waals surface area contributed by atoms with Gasteiger partial charge in [-0.05, 0) is 23.3 Å². The van der Waals surface area contributed by atoms with Crippen molar-refractivity contribution >= 4 is 23.1 Å². The van der Waals surface area contributed by atoms with Crippen LogP contribution < -0.4 is 5.43 Å². The maximum Gasteiger partial charge on any atom is 0.147 e. The normalized spacial score (nSPS) is 11.8. The Morgan fingerprint density at radius 3 is 1.91 bits per heavy atom. The lowest BCUT2D eigenvalue weighted by molar-refractivity contribution is 1.22. The van der Waals surface area contributed by atoms with Gasteiger partial charge in [0.2, 0.25) is 0 Å². The van der Waals surface area contributed by atoms with Gasteiger partial charge < -0.3 is 0 Å². The van der Waals surface area contributed by atoms with Crippen LogP contribution in [0.2, 0.25) is 5.15 Å². The first-order valence-corrected chi connectivity index (χ1v) is 7.36. The average molecular weight is 306 g/mol. The van der Waals surface area contributed by atoms with E-state index in [-0.39, 0.29) is 0 Å². The van der Waals surface area contributed by atoms with Gasteiger partial charge in [-0.25, -0.2) is 4.98 Å². The predicted molar refractivity (Wildman–Crippen MR) is 90.4 cm³/mol. The third kappa shape index (κ3) is 2.16. The molecule has 106 valence electrons. The molecule has 0 bridgehead atoms. The van der Waals surface area contributed by atoms with E-state index < -0.39 is 0 Å². The molecular formula is C18H12ClN3. The van der Waals surface area contributed by atoms with Crippen LogP contribution >= 0.6 is 11.6 Å². The number of benzene rings is 2.